The number of rotatable bonds is 1. The molecule has 0 aliphatic carbocycles. The fourth-order valence-corrected chi connectivity index (χ4v) is 1.99. The number of carbonyl (C=O) groups excluding carboxylic acids is 3. The van der Waals surface area contributed by atoms with E-state index in [1.807, 2.05) is 0 Å². The van der Waals surface area contributed by atoms with Crippen LogP contribution in [0.3, 0.4) is 0 Å². The summed E-state index contributed by atoms with van der Waals surface area (Å²) in [6, 6.07) is -0.695. The molecule has 19 heavy (non-hydrogen) atoms. The average molecular weight is 271 g/mol. The second kappa shape index (κ2) is 6.04. The Balaban J connectivity index is 2.80. The molecule has 1 amide bonds. The lowest BCUT2D eigenvalue weighted by molar-refractivity contribution is -0.170. The van der Waals surface area contributed by atoms with Crippen LogP contribution in [0.4, 0.5) is 0 Å². The molecule has 6 heteroatoms. The van der Waals surface area contributed by atoms with Crippen molar-refractivity contribution in [3.63, 3.8) is 0 Å². The van der Waals surface area contributed by atoms with Gasteiger partial charge in [0.05, 0.1) is 7.11 Å². The Morgan fingerprint density at radius 2 is 1.79 bits per heavy atom. The van der Waals surface area contributed by atoms with Crippen LogP contribution in [-0.4, -0.2) is 48.0 Å². The molecule has 1 rings (SSSR count). The van der Waals surface area contributed by atoms with Crippen molar-refractivity contribution in [2.24, 2.45) is 0 Å². The van der Waals surface area contributed by atoms with Crippen molar-refractivity contribution in [1.82, 2.24) is 4.90 Å². The van der Waals surface area contributed by atoms with Gasteiger partial charge in [-0.25, -0.2) is 9.59 Å². The summed E-state index contributed by atoms with van der Waals surface area (Å²) in [4.78, 5) is 36.5. The highest BCUT2D eigenvalue weighted by atomic mass is 16.6. The number of hydrogen-bond acceptors (Lipinski definition) is 5. The number of piperidine rings is 1. The smallest absolute Gasteiger partial charge is 0.396 e. The average Bonchev–Trinajstić information content (AvgIpc) is 2.35. The number of nitrogens with zero attached hydrogens (tertiary/aromatic N) is 1. The molecule has 0 aromatic heterocycles. The number of methoxy groups -OCH3 is 1. The molecule has 1 fully saturated rings. The lowest BCUT2D eigenvalue weighted by Crippen LogP contribution is -2.52. The monoisotopic (exact) mass is 271 g/mol. The van der Waals surface area contributed by atoms with Gasteiger partial charge in [-0.1, -0.05) is 0 Å². The largest absolute Gasteiger partial charge is 0.462 e. The first kappa shape index (κ1) is 15.5. The Hall–Kier alpha value is -1.59. The molecular formula is C13H21NO5. The van der Waals surface area contributed by atoms with E-state index in [0.29, 0.717) is 13.0 Å². The van der Waals surface area contributed by atoms with E-state index in [1.54, 1.807) is 20.8 Å². The van der Waals surface area contributed by atoms with Crippen molar-refractivity contribution in [1.29, 1.82) is 0 Å². The molecule has 0 saturated carbocycles. The molecule has 108 valence electrons. The van der Waals surface area contributed by atoms with Gasteiger partial charge < -0.3 is 14.4 Å². The second-order valence-corrected chi connectivity index (χ2v) is 5.54. The van der Waals surface area contributed by atoms with Gasteiger partial charge in [0.2, 0.25) is 0 Å². The topological polar surface area (TPSA) is 72.9 Å². The Morgan fingerprint density at radius 1 is 1.16 bits per heavy atom. The quantitative estimate of drug-likeness (QED) is 0.523. The highest BCUT2D eigenvalue weighted by Crippen LogP contribution is 2.21. The van der Waals surface area contributed by atoms with Crippen LogP contribution in [0.1, 0.15) is 40.0 Å². The highest BCUT2D eigenvalue weighted by molar-refractivity contribution is 6.32. The van der Waals surface area contributed by atoms with Crippen molar-refractivity contribution < 1.29 is 23.9 Å². The molecule has 1 atom stereocenters. The van der Waals surface area contributed by atoms with Crippen molar-refractivity contribution >= 4 is 17.8 Å². The third-order valence-electron chi connectivity index (χ3n) is 2.80. The molecule has 1 heterocycles. The van der Waals surface area contributed by atoms with Gasteiger partial charge in [-0.05, 0) is 40.0 Å². The number of esters is 2. The summed E-state index contributed by atoms with van der Waals surface area (Å²) in [7, 11) is 1.15. The standard InChI is InChI=1S/C13H21NO5/c1-13(2,3)19-11(16)9-7-5-6-8-14(9)10(15)12(17)18-4/h9H,5-8H2,1-4H3/t9-/m0/s1. The molecule has 0 radical (unpaired) electrons. The van der Waals surface area contributed by atoms with Gasteiger partial charge in [0.1, 0.15) is 11.6 Å². The van der Waals surface area contributed by atoms with E-state index in [9.17, 15) is 14.4 Å². The lowest BCUT2D eigenvalue weighted by Gasteiger charge is -2.34. The third-order valence-corrected chi connectivity index (χ3v) is 2.80. The molecule has 1 saturated heterocycles. The SMILES string of the molecule is COC(=O)C(=O)N1CCCC[C@H]1C(=O)OC(C)(C)C. The first-order chi connectivity index (χ1) is 8.76. The third kappa shape index (κ3) is 4.22. The van der Waals surface area contributed by atoms with Gasteiger partial charge in [-0.15, -0.1) is 0 Å². The van der Waals surface area contributed by atoms with Gasteiger partial charge in [-0.2, -0.15) is 0 Å². The minimum atomic E-state index is -0.949. The fraction of sp³-hybridized carbons (Fsp3) is 0.769. The van der Waals surface area contributed by atoms with E-state index >= 15 is 0 Å². The predicted molar refractivity (Wildman–Crippen MR) is 67.2 cm³/mol. The summed E-state index contributed by atoms with van der Waals surface area (Å²) in [5, 5.41) is 0. The number of carbonyl (C=O) groups is 3. The van der Waals surface area contributed by atoms with Crippen LogP contribution < -0.4 is 0 Å². The first-order valence-electron chi connectivity index (χ1n) is 6.38. The van der Waals surface area contributed by atoms with E-state index in [-0.39, 0.29) is 0 Å². The van der Waals surface area contributed by atoms with E-state index in [2.05, 4.69) is 4.74 Å². The van der Waals surface area contributed by atoms with E-state index in [1.165, 1.54) is 4.90 Å². The number of ether oxygens (including phenoxy) is 2. The highest BCUT2D eigenvalue weighted by Gasteiger charge is 2.37. The molecule has 1 aliphatic heterocycles. The van der Waals surface area contributed by atoms with Gasteiger partial charge >= 0.3 is 17.8 Å². The Bertz CT molecular complexity index is 372. The van der Waals surface area contributed by atoms with Gasteiger partial charge in [0, 0.05) is 6.54 Å². The maximum atomic E-state index is 12.1. The summed E-state index contributed by atoms with van der Waals surface area (Å²) >= 11 is 0. The summed E-state index contributed by atoms with van der Waals surface area (Å²) < 4.78 is 9.70. The summed E-state index contributed by atoms with van der Waals surface area (Å²) in [5.74, 6) is -2.20. The van der Waals surface area contributed by atoms with Crippen molar-refractivity contribution in [3.8, 4) is 0 Å². The van der Waals surface area contributed by atoms with Gasteiger partial charge in [0.15, 0.2) is 0 Å². The van der Waals surface area contributed by atoms with Crippen LogP contribution in [0.2, 0.25) is 0 Å². The fourth-order valence-electron chi connectivity index (χ4n) is 1.99. The van der Waals surface area contributed by atoms with E-state index in [0.717, 1.165) is 20.0 Å². The van der Waals surface area contributed by atoms with Crippen molar-refractivity contribution in [3.05, 3.63) is 0 Å². The van der Waals surface area contributed by atoms with Crippen molar-refractivity contribution in [2.45, 2.75) is 51.7 Å². The predicted octanol–water partition coefficient (Wildman–Crippen LogP) is 0.882. The van der Waals surface area contributed by atoms with Crippen LogP contribution >= 0.6 is 0 Å². The Labute approximate surface area is 113 Å². The Morgan fingerprint density at radius 3 is 2.32 bits per heavy atom. The number of hydrogen-bond donors (Lipinski definition) is 0. The molecule has 1 aliphatic rings. The lowest BCUT2D eigenvalue weighted by atomic mass is 10.0. The zero-order valence-electron chi connectivity index (χ0n) is 11.9. The van der Waals surface area contributed by atoms with E-state index in [4.69, 9.17) is 4.74 Å². The number of amides is 1. The minimum absolute atomic E-state index is 0.373. The normalized spacial score (nSPS) is 19.8. The van der Waals surface area contributed by atoms with Crippen LogP contribution in [0, 0.1) is 0 Å². The number of likely N-dealkylation sites (tertiary alicyclic amines) is 1. The van der Waals surface area contributed by atoms with Gasteiger partial charge in [-0.3, -0.25) is 4.79 Å². The zero-order chi connectivity index (χ0) is 14.6. The summed E-state index contributed by atoms with van der Waals surface area (Å²) in [6.45, 7) is 5.67. The maximum absolute atomic E-state index is 12.1. The summed E-state index contributed by atoms with van der Waals surface area (Å²) in [5.41, 5.74) is -0.617. The second-order valence-electron chi connectivity index (χ2n) is 5.54. The molecular weight excluding hydrogens is 250 g/mol. The molecule has 6 nitrogen and oxygen atoms in total. The van der Waals surface area contributed by atoms with E-state index < -0.39 is 29.5 Å². The molecule has 0 N–H and O–H groups in total. The molecule has 0 unspecified atom stereocenters. The zero-order valence-corrected chi connectivity index (χ0v) is 11.9. The summed E-state index contributed by atoms with van der Waals surface area (Å²) in [6.07, 6.45) is 2.11. The molecule has 0 spiro atoms. The van der Waals surface area contributed by atoms with Gasteiger partial charge in [0.25, 0.3) is 0 Å². The maximum Gasteiger partial charge on any atom is 0.396 e. The minimum Gasteiger partial charge on any atom is -0.462 e. The van der Waals surface area contributed by atoms with Crippen LogP contribution in [0.15, 0.2) is 0 Å². The molecule has 0 bridgehead atoms. The molecule has 0 aromatic carbocycles. The van der Waals surface area contributed by atoms with Crippen LogP contribution in [0.5, 0.6) is 0 Å². The van der Waals surface area contributed by atoms with Crippen molar-refractivity contribution in [2.75, 3.05) is 13.7 Å². The Kier molecular flexibility index (Phi) is 4.91. The van der Waals surface area contributed by atoms with Crippen LogP contribution in [-0.2, 0) is 23.9 Å². The van der Waals surface area contributed by atoms with Crippen LogP contribution in [0.25, 0.3) is 0 Å². The molecule has 0 aromatic rings. The first-order valence-corrected chi connectivity index (χ1v) is 6.38.